The molecule has 22 heavy (non-hydrogen) atoms. The summed E-state index contributed by atoms with van der Waals surface area (Å²) < 4.78 is 0. The number of amides is 1. The third-order valence-corrected chi connectivity index (χ3v) is 5.41. The van der Waals surface area contributed by atoms with Crippen molar-refractivity contribution in [3.8, 4) is 0 Å². The van der Waals surface area contributed by atoms with Crippen molar-refractivity contribution in [2.45, 2.75) is 50.6 Å². The molecule has 2 atom stereocenters. The van der Waals surface area contributed by atoms with E-state index in [2.05, 4.69) is 34.6 Å². The van der Waals surface area contributed by atoms with E-state index in [1.54, 1.807) is 0 Å². The van der Waals surface area contributed by atoms with Gasteiger partial charge >= 0.3 is 0 Å². The van der Waals surface area contributed by atoms with E-state index in [1.807, 2.05) is 0 Å². The van der Waals surface area contributed by atoms with Crippen LogP contribution in [0.4, 0.5) is 0 Å². The summed E-state index contributed by atoms with van der Waals surface area (Å²) in [4.78, 5) is 15.4. The Morgan fingerprint density at radius 2 is 1.91 bits per heavy atom. The maximum Gasteiger partial charge on any atom is 0.234 e. The van der Waals surface area contributed by atoms with Crippen LogP contribution in [0.5, 0.6) is 0 Å². The molecule has 116 valence electrons. The van der Waals surface area contributed by atoms with Gasteiger partial charge < -0.3 is 10.7 Å². The number of carbonyl (C=O) groups excluding carboxylic acids is 1. The van der Waals surface area contributed by atoms with Crippen molar-refractivity contribution in [2.75, 3.05) is 0 Å². The second-order valence-electron chi connectivity index (χ2n) is 6.76. The molecule has 1 aromatic carbocycles. The van der Waals surface area contributed by atoms with Gasteiger partial charge in [-0.1, -0.05) is 37.5 Å². The molecule has 2 heterocycles. The van der Waals surface area contributed by atoms with Gasteiger partial charge in [-0.3, -0.25) is 10.1 Å². The summed E-state index contributed by atoms with van der Waals surface area (Å²) >= 11 is 0. The first-order chi connectivity index (χ1) is 10.7. The van der Waals surface area contributed by atoms with Gasteiger partial charge in [0.25, 0.3) is 0 Å². The Hall–Kier alpha value is -1.81. The minimum atomic E-state index is -0.251. The molecule has 0 spiro atoms. The van der Waals surface area contributed by atoms with E-state index in [0.717, 1.165) is 0 Å². The lowest BCUT2D eigenvalue weighted by atomic mass is 9.79. The molecule has 4 rings (SSSR count). The summed E-state index contributed by atoms with van der Waals surface area (Å²) in [5.41, 5.74) is 9.35. The summed E-state index contributed by atoms with van der Waals surface area (Å²) in [6, 6.07) is 8.36. The summed E-state index contributed by atoms with van der Waals surface area (Å²) in [6.45, 7) is 0. The predicted octanol–water partition coefficient (Wildman–Crippen LogP) is 2.79. The number of rotatable bonds is 2. The molecule has 1 aromatic heterocycles. The molecule has 0 radical (unpaired) electrons. The quantitative estimate of drug-likeness (QED) is 0.797. The highest BCUT2D eigenvalue weighted by Gasteiger charge is 2.36. The zero-order valence-electron chi connectivity index (χ0n) is 12.8. The number of aromatic amines is 1. The van der Waals surface area contributed by atoms with Crippen LogP contribution in [0.25, 0.3) is 10.9 Å². The Bertz CT molecular complexity index is 699. The van der Waals surface area contributed by atoms with Crippen LogP contribution < -0.4 is 11.1 Å². The van der Waals surface area contributed by atoms with Crippen molar-refractivity contribution >= 4 is 16.8 Å². The number of aromatic nitrogens is 1. The van der Waals surface area contributed by atoms with E-state index in [1.165, 1.54) is 54.3 Å². The number of para-hydroxylation sites is 1. The zero-order valence-corrected chi connectivity index (χ0v) is 12.8. The standard InChI is InChI=1S/C18H23N3O/c19-18(22)15-10-13-12-8-4-5-9-14(12)20-17(13)16(21-15)11-6-2-1-3-7-11/h4-5,8-9,11,15-16,20-21H,1-3,6-7,10H2,(H2,19,22). The zero-order chi connectivity index (χ0) is 15.1. The first kappa shape index (κ1) is 13.8. The number of nitrogens with one attached hydrogen (secondary N) is 2. The lowest BCUT2D eigenvalue weighted by Gasteiger charge is -2.36. The van der Waals surface area contributed by atoms with Gasteiger partial charge in [-0.25, -0.2) is 0 Å². The van der Waals surface area contributed by atoms with Gasteiger partial charge in [0.05, 0.1) is 12.1 Å². The van der Waals surface area contributed by atoms with Crippen LogP contribution in [0.1, 0.15) is 49.4 Å². The molecule has 4 N–H and O–H groups in total. The Kier molecular flexibility index (Phi) is 3.41. The molecule has 1 aliphatic carbocycles. The van der Waals surface area contributed by atoms with E-state index >= 15 is 0 Å². The number of benzene rings is 1. The fraction of sp³-hybridized carbons (Fsp3) is 0.500. The molecule has 2 aliphatic rings. The van der Waals surface area contributed by atoms with Crippen molar-refractivity contribution in [3.05, 3.63) is 35.5 Å². The van der Waals surface area contributed by atoms with E-state index in [9.17, 15) is 4.79 Å². The molecule has 2 aromatic rings. The molecule has 2 unspecified atom stereocenters. The first-order valence-corrected chi connectivity index (χ1v) is 8.39. The third-order valence-electron chi connectivity index (χ3n) is 5.41. The summed E-state index contributed by atoms with van der Waals surface area (Å²) in [5, 5.41) is 4.78. The van der Waals surface area contributed by atoms with E-state index < -0.39 is 0 Å². The Morgan fingerprint density at radius 3 is 2.68 bits per heavy atom. The van der Waals surface area contributed by atoms with Gasteiger partial charge in [0.15, 0.2) is 0 Å². The smallest absolute Gasteiger partial charge is 0.234 e. The molecule has 1 saturated carbocycles. The minimum Gasteiger partial charge on any atom is -0.368 e. The molecular formula is C18H23N3O. The van der Waals surface area contributed by atoms with Crippen LogP contribution in [0.2, 0.25) is 0 Å². The normalized spacial score (nSPS) is 26.0. The fourth-order valence-corrected chi connectivity index (χ4v) is 4.29. The number of H-pyrrole nitrogens is 1. The average Bonchev–Trinajstić information content (AvgIpc) is 2.93. The highest BCUT2D eigenvalue weighted by molar-refractivity contribution is 5.87. The molecule has 1 aliphatic heterocycles. The van der Waals surface area contributed by atoms with Gasteiger partial charge in [-0.2, -0.15) is 0 Å². The van der Waals surface area contributed by atoms with E-state index in [4.69, 9.17) is 5.73 Å². The van der Waals surface area contributed by atoms with Gasteiger partial charge in [-0.15, -0.1) is 0 Å². The highest BCUT2D eigenvalue weighted by atomic mass is 16.1. The van der Waals surface area contributed by atoms with Gasteiger partial charge in [0.2, 0.25) is 5.91 Å². The van der Waals surface area contributed by atoms with E-state index in [0.29, 0.717) is 12.3 Å². The second-order valence-corrected chi connectivity index (χ2v) is 6.76. The van der Waals surface area contributed by atoms with Crippen molar-refractivity contribution in [3.63, 3.8) is 0 Å². The van der Waals surface area contributed by atoms with Crippen LogP contribution in [0.15, 0.2) is 24.3 Å². The predicted molar refractivity (Wildman–Crippen MR) is 87.4 cm³/mol. The van der Waals surface area contributed by atoms with Crippen LogP contribution in [0, 0.1) is 5.92 Å². The monoisotopic (exact) mass is 297 g/mol. The lowest BCUT2D eigenvalue weighted by molar-refractivity contribution is -0.120. The Morgan fingerprint density at radius 1 is 1.14 bits per heavy atom. The topological polar surface area (TPSA) is 70.9 Å². The van der Waals surface area contributed by atoms with Crippen molar-refractivity contribution < 1.29 is 4.79 Å². The molecule has 0 saturated heterocycles. The number of carbonyl (C=O) groups is 1. The van der Waals surface area contributed by atoms with Crippen LogP contribution in [-0.2, 0) is 11.2 Å². The van der Waals surface area contributed by atoms with Gasteiger partial charge in [-0.05, 0) is 36.8 Å². The molecular weight excluding hydrogens is 274 g/mol. The van der Waals surface area contributed by atoms with Crippen LogP contribution in [-0.4, -0.2) is 16.9 Å². The molecule has 1 fully saturated rings. The molecule has 4 heteroatoms. The highest BCUT2D eigenvalue weighted by Crippen LogP contribution is 2.40. The fourth-order valence-electron chi connectivity index (χ4n) is 4.29. The average molecular weight is 297 g/mol. The maximum atomic E-state index is 11.8. The van der Waals surface area contributed by atoms with Gasteiger partial charge in [0.1, 0.15) is 0 Å². The van der Waals surface area contributed by atoms with Crippen LogP contribution >= 0.6 is 0 Å². The van der Waals surface area contributed by atoms with Crippen molar-refractivity contribution in [1.82, 2.24) is 10.3 Å². The molecule has 1 amide bonds. The molecule has 4 nitrogen and oxygen atoms in total. The van der Waals surface area contributed by atoms with E-state index in [-0.39, 0.29) is 18.0 Å². The Labute approximate surface area is 130 Å². The maximum absolute atomic E-state index is 11.8. The van der Waals surface area contributed by atoms with Crippen LogP contribution in [0.3, 0.4) is 0 Å². The lowest BCUT2D eigenvalue weighted by Crippen LogP contribution is -2.49. The second kappa shape index (κ2) is 5.43. The number of primary amides is 1. The van der Waals surface area contributed by atoms with Gasteiger partial charge in [0, 0.05) is 16.6 Å². The molecule has 0 bridgehead atoms. The largest absolute Gasteiger partial charge is 0.368 e. The first-order valence-electron chi connectivity index (χ1n) is 8.39. The van der Waals surface area contributed by atoms with Crippen molar-refractivity contribution in [2.24, 2.45) is 11.7 Å². The number of hydrogen-bond acceptors (Lipinski definition) is 2. The number of fused-ring (bicyclic) bond motifs is 3. The van der Waals surface area contributed by atoms with Crippen molar-refractivity contribution in [1.29, 1.82) is 0 Å². The number of nitrogens with two attached hydrogens (primary N) is 1. The summed E-state index contributed by atoms with van der Waals surface area (Å²) in [5.74, 6) is 0.361. The number of hydrogen-bond donors (Lipinski definition) is 3. The summed E-state index contributed by atoms with van der Waals surface area (Å²) in [7, 11) is 0. The Balaban J connectivity index is 1.80. The minimum absolute atomic E-state index is 0.231. The summed E-state index contributed by atoms with van der Waals surface area (Å²) in [6.07, 6.45) is 7.08. The third kappa shape index (κ3) is 2.22. The SMILES string of the molecule is NC(=O)C1Cc2c([nH]c3ccccc23)C(C2CCCCC2)N1.